The van der Waals surface area contributed by atoms with E-state index in [1.807, 2.05) is 0 Å². The Kier molecular flexibility index (Phi) is 5.28. The van der Waals surface area contributed by atoms with Gasteiger partial charge in [-0.25, -0.2) is 0 Å². The number of nitrogens with two attached hydrogens (primary N) is 2. The van der Waals surface area contributed by atoms with Crippen molar-refractivity contribution in [3.63, 3.8) is 0 Å². The number of hydrogen-bond donors (Lipinski definition) is 3. The van der Waals surface area contributed by atoms with Gasteiger partial charge in [0.05, 0.1) is 15.7 Å². The molecule has 1 aromatic carbocycles. The number of hydrogen-bond acceptors (Lipinski definition) is 4. The number of carbonyl (C=O) groups excluding carboxylic acids is 2. The number of anilines is 1. The van der Waals surface area contributed by atoms with Crippen molar-refractivity contribution < 1.29 is 9.59 Å². The molecule has 1 aliphatic heterocycles. The van der Waals surface area contributed by atoms with Gasteiger partial charge < -0.3 is 16.8 Å². The zero-order chi connectivity index (χ0) is 16.3. The number of guanidine groups is 1. The third kappa shape index (κ3) is 4.12. The number of nitrogens with zero attached hydrogens (tertiary/aromatic N) is 2. The Hall–Kier alpha value is -1.77. The summed E-state index contributed by atoms with van der Waals surface area (Å²) in [6, 6.07) is 4.86. The lowest BCUT2D eigenvalue weighted by Gasteiger charge is -2.09. The highest BCUT2D eigenvalue weighted by molar-refractivity contribution is 8.15. The van der Waals surface area contributed by atoms with E-state index in [1.165, 1.54) is 0 Å². The molecule has 1 aromatic rings. The Bertz CT molecular complexity index is 688. The minimum atomic E-state index is -0.670. The molecule has 116 valence electrons. The van der Waals surface area contributed by atoms with Crippen molar-refractivity contribution in [2.45, 2.75) is 11.7 Å². The number of benzene rings is 1. The summed E-state index contributed by atoms with van der Waals surface area (Å²) in [6.45, 7) is 0. The van der Waals surface area contributed by atoms with Gasteiger partial charge in [-0.2, -0.15) is 9.98 Å². The van der Waals surface area contributed by atoms with E-state index in [0.717, 1.165) is 11.8 Å². The van der Waals surface area contributed by atoms with E-state index < -0.39 is 17.1 Å². The molecule has 10 heteroatoms. The second-order valence-corrected chi connectivity index (χ2v) is 6.18. The number of rotatable bonds is 3. The van der Waals surface area contributed by atoms with Gasteiger partial charge in [-0.05, 0) is 12.1 Å². The van der Waals surface area contributed by atoms with Crippen molar-refractivity contribution in [2.24, 2.45) is 21.5 Å². The lowest BCUT2D eigenvalue weighted by atomic mass is 10.2. The lowest BCUT2D eigenvalue weighted by molar-refractivity contribution is -0.121. The summed E-state index contributed by atoms with van der Waals surface area (Å²) >= 11 is 12.9. The molecule has 0 bridgehead atoms. The number of carbonyl (C=O) groups is 2. The summed E-state index contributed by atoms with van der Waals surface area (Å²) in [5, 5.41) is 2.63. The zero-order valence-corrected chi connectivity index (χ0v) is 13.4. The number of amidine groups is 1. The fourth-order valence-electron chi connectivity index (χ4n) is 1.63. The maximum absolute atomic E-state index is 12.0. The quantitative estimate of drug-likeness (QED) is 0.558. The number of amides is 2. The zero-order valence-electron chi connectivity index (χ0n) is 11.0. The van der Waals surface area contributed by atoms with Crippen molar-refractivity contribution in [3.05, 3.63) is 28.2 Å². The Morgan fingerprint density at radius 1 is 1.41 bits per heavy atom. The van der Waals surface area contributed by atoms with Crippen LogP contribution in [0.3, 0.4) is 0 Å². The summed E-state index contributed by atoms with van der Waals surface area (Å²) in [6.07, 6.45) is -0.0840. The van der Waals surface area contributed by atoms with Gasteiger partial charge in [-0.3, -0.25) is 9.59 Å². The molecule has 0 saturated carbocycles. The van der Waals surface area contributed by atoms with Crippen LogP contribution < -0.4 is 16.8 Å². The topological polar surface area (TPSA) is 123 Å². The van der Waals surface area contributed by atoms with Gasteiger partial charge in [0.2, 0.25) is 5.91 Å². The minimum Gasteiger partial charge on any atom is -0.370 e. The SMILES string of the molecule is NC(N)=NC1=NC(=O)[C@@H](CC(=O)Nc2cccc(Cl)c2Cl)S1. The van der Waals surface area contributed by atoms with Crippen LogP contribution >= 0.6 is 35.0 Å². The first-order valence-corrected chi connectivity index (χ1v) is 7.63. The van der Waals surface area contributed by atoms with Gasteiger partial charge in [0, 0.05) is 6.42 Å². The van der Waals surface area contributed by atoms with Gasteiger partial charge in [0.25, 0.3) is 5.91 Å². The van der Waals surface area contributed by atoms with Crippen LogP contribution in [0.5, 0.6) is 0 Å². The van der Waals surface area contributed by atoms with Crippen LogP contribution in [0.25, 0.3) is 0 Å². The average Bonchev–Trinajstić information content (AvgIpc) is 2.74. The van der Waals surface area contributed by atoms with Gasteiger partial charge >= 0.3 is 0 Å². The summed E-state index contributed by atoms with van der Waals surface area (Å²) in [4.78, 5) is 31.0. The molecule has 0 aromatic heterocycles. The first-order chi connectivity index (χ1) is 10.4. The predicted molar refractivity (Wildman–Crippen MR) is 89.3 cm³/mol. The molecule has 0 radical (unpaired) electrons. The lowest BCUT2D eigenvalue weighted by Crippen LogP contribution is -2.23. The first kappa shape index (κ1) is 16.6. The second-order valence-electron chi connectivity index (χ2n) is 4.23. The molecule has 2 rings (SSSR count). The van der Waals surface area contributed by atoms with Crippen molar-refractivity contribution in [2.75, 3.05) is 5.32 Å². The smallest absolute Gasteiger partial charge is 0.262 e. The van der Waals surface area contributed by atoms with E-state index in [-0.39, 0.29) is 22.6 Å². The van der Waals surface area contributed by atoms with Crippen molar-refractivity contribution in [1.82, 2.24) is 0 Å². The van der Waals surface area contributed by atoms with Gasteiger partial charge in [0.15, 0.2) is 11.1 Å². The molecule has 0 saturated heterocycles. The summed E-state index contributed by atoms with van der Waals surface area (Å²) in [5.74, 6) is -1.05. The molecule has 0 aliphatic carbocycles. The molecule has 1 atom stereocenters. The minimum absolute atomic E-state index is 0.0840. The molecular formula is C12H11Cl2N5O2S. The molecule has 2 amide bonds. The third-order valence-electron chi connectivity index (χ3n) is 2.55. The highest BCUT2D eigenvalue weighted by atomic mass is 35.5. The van der Waals surface area contributed by atoms with Gasteiger partial charge in [-0.1, -0.05) is 41.0 Å². The van der Waals surface area contributed by atoms with Crippen LogP contribution in [0.15, 0.2) is 28.2 Å². The van der Waals surface area contributed by atoms with E-state index in [1.54, 1.807) is 18.2 Å². The molecule has 5 N–H and O–H groups in total. The molecule has 22 heavy (non-hydrogen) atoms. The van der Waals surface area contributed by atoms with E-state index >= 15 is 0 Å². The summed E-state index contributed by atoms with van der Waals surface area (Å²) in [5.41, 5.74) is 10.8. The predicted octanol–water partition coefficient (Wildman–Crippen LogP) is 1.59. The monoisotopic (exact) mass is 359 g/mol. The van der Waals surface area contributed by atoms with Crippen LogP contribution in [0.1, 0.15) is 6.42 Å². The van der Waals surface area contributed by atoms with Crippen LogP contribution in [0.4, 0.5) is 5.69 Å². The van der Waals surface area contributed by atoms with E-state index in [9.17, 15) is 9.59 Å². The molecule has 1 heterocycles. The summed E-state index contributed by atoms with van der Waals surface area (Å²) in [7, 11) is 0. The second kappa shape index (κ2) is 6.99. The number of halogens is 2. The first-order valence-electron chi connectivity index (χ1n) is 5.99. The van der Waals surface area contributed by atoms with Crippen LogP contribution in [-0.4, -0.2) is 28.2 Å². The Morgan fingerprint density at radius 3 is 2.82 bits per heavy atom. The average molecular weight is 360 g/mol. The van der Waals surface area contributed by atoms with Crippen LogP contribution in [0, 0.1) is 0 Å². The van der Waals surface area contributed by atoms with E-state index in [2.05, 4.69) is 15.3 Å². The van der Waals surface area contributed by atoms with Gasteiger partial charge in [-0.15, -0.1) is 0 Å². The van der Waals surface area contributed by atoms with Crippen LogP contribution in [-0.2, 0) is 9.59 Å². The van der Waals surface area contributed by atoms with Crippen molar-refractivity contribution in [3.8, 4) is 0 Å². The highest BCUT2D eigenvalue weighted by Gasteiger charge is 2.30. The Morgan fingerprint density at radius 2 is 2.14 bits per heavy atom. The molecule has 0 spiro atoms. The van der Waals surface area contributed by atoms with Crippen molar-refractivity contribution in [1.29, 1.82) is 0 Å². The molecule has 7 nitrogen and oxygen atoms in total. The standard InChI is InChI=1S/C12H11Cl2N5O2S/c13-5-2-1-3-6(9(5)14)17-8(20)4-7-10(21)18-12(22-7)19-11(15)16/h1-3,7H,4H2,(H,17,20)(H4,15,16,18,19,21)/t7-/m1/s1. The normalized spacial score (nSPS) is 17.1. The fourth-order valence-corrected chi connectivity index (χ4v) is 2.92. The molecule has 0 fully saturated rings. The molecule has 1 aliphatic rings. The van der Waals surface area contributed by atoms with Crippen LogP contribution in [0.2, 0.25) is 10.0 Å². The maximum Gasteiger partial charge on any atom is 0.262 e. The number of thioether (sulfide) groups is 1. The third-order valence-corrected chi connectivity index (χ3v) is 4.42. The molecular weight excluding hydrogens is 349 g/mol. The van der Waals surface area contributed by atoms with Gasteiger partial charge in [0.1, 0.15) is 5.25 Å². The Balaban J connectivity index is 1.98. The van der Waals surface area contributed by atoms with E-state index in [0.29, 0.717) is 10.7 Å². The number of aliphatic imine (C=N–C) groups is 2. The molecule has 0 unspecified atom stereocenters. The summed E-state index contributed by atoms with van der Waals surface area (Å²) < 4.78 is 0. The fraction of sp³-hybridized carbons (Fsp3) is 0.167. The Labute approximate surface area is 140 Å². The largest absolute Gasteiger partial charge is 0.370 e. The maximum atomic E-state index is 12.0. The highest BCUT2D eigenvalue weighted by Crippen LogP contribution is 2.30. The van der Waals surface area contributed by atoms with Crippen molar-refractivity contribution >= 4 is 63.6 Å². The number of nitrogens with one attached hydrogen (secondary N) is 1. The van der Waals surface area contributed by atoms with E-state index in [4.69, 9.17) is 34.7 Å².